The Hall–Kier alpha value is -4.54. The molecule has 1 saturated carbocycles. The van der Waals surface area contributed by atoms with Crippen molar-refractivity contribution in [2.75, 3.05) is 24.8 Å². The maximum absolute atomic E-state index is 12.8. The second-order valence-electron chi connectivity index (χ2n) is 12.1. The molecular formula is C30H29Cl2F6N6O10PS. The molecule has 0 saturated heterocycles. The Kier molecular flexibility index (Phi) is 14.2. The minimum atomic E-state index is -4.71. The number of benzene rings is 2. The lowest BCUT2D eigenvalue weighted by Gasteiger charge is -2.12. The summed E-state index contributed by atoms with van der Waals surface area (Å²) in [5.41, 5.74) is 7.50. The van der Waals surface area contributed by atoms with Gasteiger partial charge < -0.3 is 26.0 Å². The molecular weight excluding hydrogens is 852 g/mol. The fraction of sp³-hybridized carbons (Fsp3) is 0.333. The largest absolute Gasteiger partial charge is 0.480 e. The molecule has 1 aliphatic carbocycles. The van der Waals surface area contributed by atoms with E-state index in [1.165, 1.54) is 12.9 Å². The Balaban J connectivity index is 0.000000241. The molecule has 306 valence electrons. The van der Waals surface area contributed by atoms with Crippen LogP contribution in [0.25, 0.3) is 5.69 Å². The summed E-state index contributed by atoms with van der Waals surface area (Å²) >= 11 is 11.5. The maximum atomic E-state index is 12.8. The number of hydrogen-bond donors (Lipinski definition) is 4. The zero-order valence-electron chi connectivity index (χ0n) is 28.5. The van der Waals surface area contributed by atoms with Gasteiger partial charge >= 0.3 is 24.0 Å². The number of aliphatic carboxylic acids is 1. The van der Waals surface area contributed by atoms with Crippen molar-refractivity contribution in [2.24, 2.45) is 5.73 Å². The first-order chi connectivity index (χ1) is 25.5. The zero-order chi connectivity index (χ0) is 42.7. The van der Waals surface area contributed by atoms with E-state index in [0.717, 1.165) is 36.0 Å². The Bertz CT molecular complexity index is 2270. The number of rotatable bonds is 10. The highest BCUT2D eigenvalue weighted by Gasteiger charge is 2.37. The van der Waals surface area contributed by atoms with E-state index in [1.807, 2.05) is 0 Å². The average Bonchev–Trinajstić information content (AvgIpc) is 3.66. The fourth-order valence-corrected chi connectivity index (χ4v) is 6.80. The van der Waals surface area contributed by atoms with Crippen LogP contribution in [-0.4, -0.2) is 75.2 Å². The molecule has 16 nitrogen and oxygen atoms in total. The van der Waals surface area contributed by atoms with Crippen molar-refractivity contribution in [3.8, 4) is 5.69 Å². The first-order valence-electron chi connectivity index (χ1n) is 15.3. The standard InChI is InChI=1S/C15H12F3NO4S.C10H5Cl2F3N4O2.C5H12NO4P/c1-24(21,22)12-6-9(15(16,17)18)4-5-10(12)13(20)11-7-19-23-14(11)8-2-3-8;11-5-1-4(10(13,14)15)2-6(12)8(5)18-9(16)7(3-17-18)19(20)21;1-11(9,10)3-2-4(6)5(7)8/h4-8H,2-3H2,1H3;1-3H,16H2;4H,2-3,6H2,1H3,(H,7,8)(H,9,10). The molecule has 4 aromatic rings. The van der Waals surface area contributed by atoms with Crippen LogP contribution in [0.4, 0.5) is 37.8 Å². The van der Waals surface area contributed by atoms with Gasteiger partial charge in [0.1, 0.15) is 17.9 Å². The van der Waals surface area contributed by atoms with Gasteiger partial charge in [-0.15, -0.1) is 0 Å². The first-order valence-corrected chi connectivity index (χ1v) is 20.2. The molecule has 6 N–H and O–H groups in total. The van der Waals surface area contributed by atoms with Crippen LogP contribution in [0.5, 0.6) is 0 Å². The Morgan fingerprint density at radius 1 is 1.07 bits per heavy atom. The van der Waals surface area contributed by atoms with Crippen LogP contribution >= 0.6 is 30.6 Å². The van der Waals surface area contributed by atoms with Crippen molar-refractivity contribution >= 4 is 63.7 Å². The van der Waals surface area contributed by atoms with Gasteiger partial charge in [0, 0.05) is 30.6 Å². The molecule has 56 heavy (non-hydrogen) atoms. The van der Waals surface area contributed by atoms with Gasteiger partial charge in [-0.25, -0.2) is 13.1 Å². The zero-order valence-corrected chi connectivity index (χ0v) is 31.7. The van der Waals surface area contributed by atoms with Gasteiger partial charge in [-0.1, -0.05) is 28.4 Å². The Morgan fingerprint density at radius 3 is 2.05 bits per heavy atom. The topological polar surface area (TPSA) is 265 Å². The summed E-state index contributed by atoms with van der Waals surface area (Å²) in [5.74, 6) is -1.86. The molecule has 0 amide bonds. The van der Waals surface area contributed by atoms with E-state index in [9.17, 15) is 59.0 Å². The van der Waals surface area contributed by atoms with Crippen LogP contribution in [0.3, 0.4) is 0 Å². The van der Waals surface area contributed by atoms with Gasteiger partial charge in [-0.05, 0) is 49.6 Å². The number of carboxylic acids is 1. The molecule has 2 unspecified atom stereocenters. The van der Waals surface area contributed by atoms with Crippen molar-refractivity contribution in [1.29, 1.82) is 0 Å². The summed E-state index contributed by atoms with van der Waals surface area (Å²) in [6.45, 7) is 1.18. The quantitative estimate of drug-likeness (QED) is 0.0431. The molecule has 2 atom stereocenters. The number of nitrogen functional groups attached to an aromatic ring is 1. The van der Waals surface area contributed by atoms with Gasteiger partial charge in [0.15, 0.2) is 28.7 Å². The number of nitro groups is 1. The number of carboxylic acid groups (broad SMARTS) is 1. The highest BCUT2D eigenvalue weighted by Crippen LogP contribution is 2.43. The summed E-state index contributed by atoms with van der Waals surface area (Å²) < 4.78 is 117. The van der Waals surface area contributed by atoms with Gasteiger partial charge in [0.25, 0.3) is 0 Å². The van der Waals surface area contributed by atoms with Gasteiger partial charge in [0.2, 0.25) is 5.82 Å². The monoisotopic (exact) mass is 880 g/mol. The van der Waals surface area contributed by atoms with Gasteiger partial charge in [-0.2, -0.15) is 31.4 Å². The number of ketones is 1. The number of anilines is 1. The first kappa shape index (κ1) is 45.8. The highest BCUT2D eigenvalue weighted by atomic mass is 35.5. The van der Waals surface area contributed by atoms with E-state index >= 15 is 0 Å². The lowest BCUT2D eigenvalue weighted by atomic mass is 10.0. The van der Waals surface area contributed by atoms with Crippen LogP contribution < -0.4 is 11.5 Å². The van der Waals surface area contributed by atoms with E-state index in [4.69, 9.17) is 49.2 Å². The maximum Gasteiger partial charge on any atom is 0.416 e. The number of aromatic nitrogens is 3. The number of carbonyl (C=O) groups is 2. The molecule has 1 aliphatic rings. The summed E-state index contributed by atoms with van der Waals surface area (Å²) in [7, 11) is -7.14. The van der Waals surface area contributed by atoms with Crippen molar-refractivity contribution in [3.63, 3.8) is 0 Å². The molecule has 1 fully saturated rings. The number of halogens is 8. The Labute approximate surface area is 321 Å². The second kappa shape index (κ2) is 17.3. The second-order valence-corrected chi connectivity index (χ2v) is 17.4. The summed E-state index contributed by atoms with van der Waals surface area (Å²) in [6, 6.07) is 2.28. The van der Waals surface area contributed by atoms with E-state index in [0.29, 0.717) is 30.0 Å². The predicted octanol–water partition coefficient (Wildman–Crippen LogP) is 6.58. The van der Waals surface area contributed by atoms with E-state index in [2.05, 4.69) is 10.3 Å². The third kappa shape index (κ3) is 12.0. The van der Waals surface area contributed by atoms with Crippen LogP contribution in [0.15, 0.2) is 52.1 Å². The highest BCUT2D eigenvalue weighted by molar-refractivity contribution is 7.90. The molecule has 5 rings (SSSR count). The summed E-state index contributed by atoms with van der Waals surface area (Å²) in [5, 5.41) is 25.4. The molecule has 2 aromatic carbocycles. The van der Waals surface area contributed by atoms with Crippen LogP contribution in [0.2, 0.25) is 10.0 Å². The third-order valence-corrected chi connectivity index (χ3v) is 10.3. The van der Waals surface area contributed by atoms with Crippen molar-refractivity contribution < 1.29 is 68.4 Å². The minimum Gasteiger partial charge on any atom is -0.480 e. The third-order valence-electron chi connectivity index (χ3n) is 7.46. The number of nitrogens with zero attached hydrogens (tertiary/aromatic N) is 4. The molecule has 0 aliphatic heterocycles. The molecule has 2 heterocycles. The van der Waals surface area contributed by atoms with Crippen molar-refractivity contribution in [1.82, 2.24) is 14.9 Å². The lowest BCUT2D eigenvalue weighted by Crippen LogP contribution is -2.30. The molecule has 2 aromatic heterocycles. The lowest BCUT2D eigenvalue weighted by molar-refractivity contribution is -0.383. The minimum absolute atomic E-state index is 0.0412. The van der Waals surface area contributed by atoms with Crippen LogP contribution in [0, 0.1) is 10.1 Å². The number of alkyl halides is 6. The molecule has 0 radical (unpaired) electrons. The SMILES string of the molecule is CP(=O)(O)CCC(N)C(=O)O.CS(=O)(=O)c1cc(C(F)(F)F)ccc1C(=O)c1cnoc1C1CC1.Nc1c([N+](=O)[O-])cnn1-c1c(Cl)cc(C(F)(F)F)cc1Cl. The molecule has 0 bridgehead atoms. The molecule has 26 heteroatoms. The van der Waals surface area contributed by atoms with E-state index in [-0.39, 0.29) is 45.4 Å². The van der Waals surface area contributed by atoms with Gasteiger partial charge in [0.05, 0.1) is 42.8 Å². The summed E-state index contributed by atoms with van der Waals surface area (Å²) in [6.07, 6.45) is -4.93. The van der Waals surface area contributed by atoms with Crippen LogP contribution in [0.1, 0.15) is 58.0 Å². The van der Waals surface area contributed by atoms with E-state index in [1.54, 1.807) is 0 Å². The number of nitrogens with two attached hydrogens (primary N) is 2. The predicted molar refractivity (Wildman–Crippen MR) is 187 cm³/mol. The van der Waals surface area contributed by atoms with Crippen molar-refractivity contribution in [2.45, 2.75) is 48.5 Å². The smallest absolute Gasteiger partial charge is 0.416 e. The number of carbonyl (C=O) groups excluding carboxylic acids is 1. The number of hydrogen-bond acceptors (Lipinski definition) is 12. The van der Waals surface area contributed by atoms with E-state index < -0.39 is 79.8 Å². The molecule has 0 spiro atoms. The van der Waals surface area contributed by atoms with Crippen LogP contribution in [-0.2, 0) is 31.5 Å². The number of sulfone groups is 1. The van der Waals surface area contributed by atoms with Gasteiger partial charge in [-0.3, -0.25) is 24.3 Å². The Morgan fingerprint density at radius 2 is 1.62 bits per heavy atom. The normalized spacial score (nSPS) is 14.7. The van der Waals surface area contributed by atoms with Crippen molar-refractivity contribution in [3.05, 3.63) is 90.9 Å². The summed E-state index contributed by atoms with van der Waals surface area (Å²) in [4.78, 5) is 40.7. The average molecular weight is 882 g/mol. The fourth-order valence-electron chi connectivity index (χ4n) is 4.50.